The third-order valence-corrected chi connectivity index (χ3v) is 3.04. The van der Waals surface area contributed by atoms with E-state index in [1.807, 2.05) is 0 Å². The number of hydrogen-bond acceptors (Lipinski definition) is 4. The lowest BCUT2D eigenvalue weighted by Crippen LogP contribution is -2.18. The molecule has 3 N–H and O–H groups in total. The van der Waals surface area contributed by atoms with Crippen LogP contribution in [0.3, 0.4) is 0 Å². The van der Waals surface area contributed by atoms with E-state index >= 15 is 0 Å². The number of phenols is 1. The fourth-order valence-electron chi connectivity index (χ4n) is 2.04. The van der Waals surface area contributed by atoms with Gasteiger partial charge in [0, 0.05) is 5.56 Å². The standard InChI is InChI=1S/C15H11F6NO3/c16-14(17,18)24-9-3-1-8(2-4-9)13(22)11-7-10(5-6-12(11)23)25-15(19,20)21/h1-7,13,23H,22H2/t13-/m1/s1. The van der Waals surface area contributed by atoms with E-state index in [0.29, 0.717) is 0 Å². The zero-order valence-corrected chi connectivity index (χ0v) is 12.2. The van der Waals surface area contributed by atoms with Crippen LogP contribution in [0.5, 0.6) is 17.2 Å². The lowest BCUT2D eigenvalue weighted by atomic mass is 9.98. The van der Waals surface area contributed by atoms with Gasteiger partial charge in [0.05, 0.1) is 6.04 Å². The molecule has 0 unspecified atom stereocenters. The Morgan fingerprint density at radius 2 is 1.28 bits per heavy atom. The number of alkyl halides is 6. The molecule has 0 bridgehead atoms. The van der Waals surface area contributed by atoms with Crippen molar-refractivity contribution < 1.29 is 40.9 Å². The van der Waals surface area contributed by atoms with E-state index in [2.05, 4.69) is 9.47 Å². The average Bonchev–Trinajstić information content (AvgIpc) is 2.46. The first-order valence-corrected chi connectivity index (χ1v) is 6.64. The number of ether oxygens (including phenoxy) is 2. The van der Waals surface area contributed by atoms with Crippen LogP contribution >= 0.6 is 0 Å². The Hall–Kier alpha value is -2.62. The van der Waals surface area contributed by atoms with E-state index in [9.17, 15) is 31.4 Å². The number of halogens is 6. The Balaban J connectivity index is 2.25. The summed E-state index contributed by atoms with van der Waals surface area (Å²) in [6.45, 7) is 0. The van der Waals surface area contributed by atoms with Crippen LogP contribution in [0.2, 0.25) is 0 Å². The maximum absolute atomic E-state index is 12.3. The SMILES string of the molecule is N[C@H](c1ccc(OC(F)(F)F)cc1)c1cc(OC(F)(F)F)ccc1O. The van der Waals surface area contributed by atoms with Crippen molar-refractivity contribution in [2.75, 3.05) is 0 Å². The predicted octanol–water partition coefficient (Wildman–Crippen LogP) is 4.24. The molecule has 4 nitrogen and oxygen atoms in total. The van der Waals surface area contributed by atoms with Crippen molar-refractivity contribution in [1.29, 1.82) is 0 Å². The molecule has 0 amide bonds. The highest BCUT2D eigenvalue weighted by Gasteiger charge is 2.32. The van der Waals surface area contributed by atoms with Crippen LogP contribution in [0, 0.1) is 0 Å². The highest BCUT2D eigenvalue weighted by Crippen LogP contribution is 2.34. The molecule has 0 aliphatic rings. The highest BCUT2D eigenvalue weighted by atomic mass is 19.4. The van der Waals surface area contributed by atoms with Gasteiger partial charge in [-0.25, -0.2) is 0 Å². The van der Waals surface area contributed by atoms with Gasteiger partial charge < -0.3 is 20.3 Å². The van der Waals surface area contributed by atoms with Gasteiger partial charge in [0.15, 0.2) is 0 Å². The van der Waals surface area contributed by atoms with Crippen molar-refractivity contribution in [1.82, 2.24) is 0 Å². The molecule has 0 radical (unpaired) electrons. The molecule has 1 atom stereocenters. The second-order valence-corrected chi connectivity index (χ2v) is 4.86. The van der Waals surface area contributed by atoms with Gasteiger partial charge in [-0.2, -0.15) is 0 Å². The van der Waals surface area contributed by atoms with Crippen molar-refractivity contribution >= 4 is 0 Å². The first-order chi connectivity index (χ1) is 11.4. The minimum Gasteiger partial charge on any atom is -0.508 e. The van der Waals surface area contributed by atoms with E-state index in [0.717, 1.165) is 30.3 Å². The summed E-state index contributed by atoms with van der Waals surface area (Å²) < 4.78 is 80.6. The Bertz CT molecular complexity index is 728. The molecular formula is C15H11F6NO3. The van der Waals surface area contributed by atoms with E-state index < -0.39 is 36.0 Å². The van der Waals surface area contributed by atoms with Crippen molar-refractivity contribution in [2.45, 2.75) is 18.8 Å². The number of hydrogen-bond donors (Lipinski definition) is 2. The molecule has 10 heteroatoms. The molecule has 136 valence electrons. The molecule has 0 heterocycles. The molecule has 0 fully saturated rings. The smallest absolute Gasteiger partial charge is 0.508 e. The van der Waals surface area contributed by atoms with Gasteiger partial charge in [-0.15, -0.1) is 26.3 Å². The zero-order valence-electron chi connectivity index (χ0n) is 12.2. The fourth-order valence-corrected chi connectivity index (χ4v) is 2.04. The largest absolute Gasteiger partial charge is 0.573 e. The van der Waals surface area contributed by atoms with Crippen LogP contribution in [0.1, 0.15) is 17.2 Å². The molecule has 0 saturated carbocycles. The van der Waals surface area contributed by atoms with Crippen LogP contribution in [0.25, 0.3) is 0 Å². The van der Waals surface area contributed by atoms with Gasteiger partial charge >= 0.3 is 12.7 Å². The molecule has 25 heavy (non-hydrogen) atoms. The third kappa shape index (κ3) is 5.45. The predicted molar refractivity (Wildman–Crippen MR) is 73.9 cm³/mol. The summed E-state index contributed by atoms with van der Waals surface area (Å²) in [7, 11) is 0. The molecule has 2 aromatic carbocycles. The number of rotatable bonds is 4. The van der Waals surface area contributed by atoms with Crippen molar-refractivity contribution in [3.05, 3.63) is 53.6 Å². The van der Waals surface area contributed by atoms with E-state index in [1.54, 1.807) is 0 Å². The summed E-state index contributed by atoms with van der Waals surface area (Å²) >= 11 is 0. The molecule has 0 spiro atoms. The minimum atomic E-state index is -4.92. The monoisotopic (exact) mass is 367 g/mol. The van der Waals surface area contributed by atoms with Gasteiger partial charge in [0.2, 0.25) is 0 Å². The van der Waals surface area contributed by atoms with Crippen LogP contribution < -0.4 is 15.2 Å². The van der Waals surface area contributed by atoms with E-state index in [-0.39, 0.29) is 11.1 Å². The van der Waals surface area contributed by atoms with Gasteiger partial charge in [-0.05, 0) is 35.9 Å². The first-order valence-electron chi connectivity index (χ1n) is 6.64. The van der Waals surface area contributed by atoms with Gasteiger partial charge in [-0.1, -0.05) is 12.1 Å². The van der Waals surface area contributed by atoms with E-state index in [1.165, 1.54) is 12.1 Å². The fraction of sp³-hybridized carbons (Fsp3) is 0.200. The Morgan fingerprint density at radius 1 is 0.800 bits per heavy atom. The molecular weight excluding hydrogens is 356 g/mol. The maximum atomic E-state index is 12.3. The summed E-state index contributed by atoms with van der Waals surface area (Å²) in [5, 5.41) is 9.78. The van der Waals surface area contributed by atoms with Gasteiger partial charge in [-0.3, -0.25) is 0 Å². The molecule has 0 aromatic heterocycles. The Kier molecular flexibility index (Phi) is 5.02. The molecule has 0 aliphatic heterocycles. The maximum Gasteiger partial charge on any atom is 0.573 e. The topological polar surface area (TPSA) is 64.7 Å². The third-order valence-electron chi connectivity index (χ3n) is 3.04. The summed E-state index contributed by atoms with van der Waals surface area (Å²) in [6.07, 6.45) is -9.78. The normalized spacial score (nSPS) is 13.4. The zero-order chi connectivity index (χ0) is 18.8. The molecule has 0 aliphatic carbocycles. The van der Waals surface area contributed by atoms with E-state index in [4.69, 9.17) is 5.73 Å². The summed E-state index contributed by atoms with van der Waals surface area (Å²) in [6, 6.07) is 6.05. The number of phenolic OH excluding ortho intramolecular Hbond substituents is 1. The quantitative estimate of drug-likeness (QED) is 0.794. The lowest BCUT2D eigenvalue weighted by molar-refractivity contribution is -0.275. The lowest BCUT2D eigenvalue weighted by Gasteiger charge is -2.17. The first kappa shape index (κ1) is 18.7. The second-order valence-electron chi connectivity index (χ2n) is 4.86. The Morgan fingerprint density at radius 3 is 1.80 bits per heavy atom. The van der Waals surface area contributed by atoms with Crippen LogP contribution in [-0.4, -0.2) is 17.8 Å². The second kappa shape index (κ2) is 6.71. The average molecular weight is 367 g/mol. The number of benzene rings is 2. The van der Waals surface area contributed by atoms with Crippen LogP contribution in [0.15, 0.2) is 42.5 Å². The van der Waals surface area contributed by atoms with Gasteiger partial charge in [0.1, 0.15) is 17.2 Å². The summed E-state index contributed by atoms with van der Waals surface area (Å²) in [5.74, 6) is -1.47. The van der Waals surface area contributed by atoms with Crippen LogP contribution in [0.4, 0.5) is 26.3 Å². The number of aromatic hydroxyl groups is 1. The summed E-state index contributed by atoms with van der Waals surface area (Å²) in [5.41, 5.74) is 6.02. The molecule has 2 rings (SSSR count). The van der Waals surface area contributed by atoms with Crippen molar-refractivity contribution in [3.63, 3.8) is 0 Å². The summed E-state index contributed by atoms with van der Waals surface area (Å²) in [4.78, 5) is 0. The minimum absolute atomic E-state index is 0.0914. The highest BCUT2D eigenvalue weighted by molar-refractivity contribution is 5.45. The van der Waals surface area contributed by atoms with Gasteiger partial charge in [0.25, 0.3) is 0 Å². The number of nitrogens with two attached hydrogens (primary N) is 1. The Labute approximate surface area is 137 Å². The van der Waals surface area contributed by atoms with Crippen molar-refractivity contribution in [3.8, 4) is 17.2 Å². The molecule has 2 aromatic rings. The molecule has 0 saturated heterocycles. The van der Waals surface area contributed by atoms with Crippen molar-refractivity contribution in [2.24, 2.45) is 5.73 Å². The van der Waals surface area contributed by atoms with Crippen LogP contribution in [-0.2, 0) is 0 Å².